The molecule has 0 bridgehead atoms. The molecular formula is C15H15ClFNO. The molecule has 0 fully saturated rings. The zero-order valence-corrected chi connectivity index (χ0v) is 11.4. The van der Waals surface area contributed by atoms with E-state index < -0.39 is 5.82 Å². The SMILES string of the molecule is Cc1ccc(CCN)cc1Oc1cccc(Cl)c1F. The fourth-order valence-corrected chi connectivity index (χ4v) is 1.92. The number of aryl methyl sites for hydroxylation is 1. The van der Waals surface area contributed by atoms with Crippen LogP contribution in [0.3, 0.4) is 0 Å². The highest BCUT2D eigenvalue weighted by Crippen LogP contribution is 2.31. The molecule has 0 unspecified atom stereocenters. The van der Waals surface area contributed by atoms with E-state index in [1.165, 1.54) is 6.07 Å². The van der Waals surface area contributed by atoms with Gasteiger partial charge in [-0.25, -0.2) is 4.39 Å². The molecule has 0 aliphatic rings. The van der Waals surface area contributed by atoms with Crippen molar-refractivity contribution in [3.63, 3.8) is 0 Å². The predicted molar refractivity (Wildman–Crippen MR) is 75.4 cm³/mol. The predicted octanol–water partition coefficient (Wildman–Crippen LogP) is 4.08. The Morgan fingerprint density at radius 3 is 2.74 bits per heavy atom. The van der Waals surface area contributed by atoms with Gasteiger partial charge in [0.25, 0.3) is 0 Å². The number of halogens is 2. The second kappa shape index (κ2) is 6.04. The summed E-state index contributed by atoms with van der Waals surface area (Å²) in [6.07, 6.45) is 0.759. The smallest absolute Gasteiger partial charge is 0.184 e. The normalized spacial score (nSPS) is 10.5. The number of ether oxygens (including phenoxy) is 1. The molecule has 2 aromatic rings. The lowest BCUT2D eigenvalue weighted by Crippen LogP contribution is -2.03. The third-order valence-electron chi connectivity index (χ3n) is 2.82. The van der Waals surface area contributed by atoms with Crippen molar-refractivity contribution in [1.29, 1.82) is 0 Å². The molecule has 19 heavy (non-hydrogen) atoms. The average Bonchev–Trinajstić information content (AvgIpc) is 2.39. The lowest BCUT2D eigenvalue weighted by Gasteiger charge is -2.11. The zero-order chi connectivity index (χ0) is 13.8. The van der Waals surface area contributed by atoms with Gasteiger partial charge in [0.05, 0.1) is 5.02 Å². The molecule has 2 aromatic carbocycles. The maximum Gasteiger partial charge on any atom is 0.184 e. The van der Waals surface area contributed by atoms with E-state index in [0.717, 1.165) is 17.5 Å². The molecule has 100 valence electrons. The van der Waals surface area contributed by atoms with Gasteiger partial charge in [-0.3, -0.25) is 0 Å². The summed E-state index contributed by atoms with van der Waals surface area (Å²) >= 11 is 5.73. The lowest BCUT2D eigenvalue weighted by atomic mass is 10.1. The third-order valence-corrected chi connectivity index (χ3v) is 3.11. The highest BCUT2D eigenvalue weighted by Gasteiger charge is 2.10. The van der Waals surface area contributed by atoms with Crippen molar-refractivity contribution in [2.75, 3.05) is 6.54 Å². The summed E-state index contributed by atoms with van der Waals surface area (Å²) in [7, 11) is 0. The van der Waals surface area contributed by atoms with Crippen molar-refractivity contribution in [2.45, 2.75) is 13.3 Å². The van der Waals surface area contributed by atoms with E-state index in [1.54, 1.807) is 12.1 Å². The van der Waals surface area contributed by atoms with Crippen LogP contribution in [0, 0.1) is 12.7 Å². The molecule has 2 rings (SSSR count). The minimum Gasteiger partial charge on any atom is -0.454 e. The monoisotopic (exact) mass is 279 g/mol. The van der Waals surface area contributed by atoms with E-state index in [4.69, 9.17) is 22.1 Å². The van der Waals surface area contributed by atoms with Crippen molar-refractivity contribution < 1.29 is 9.13 Å². The Kier molecular flexibility index (Phi) is 4.40. The Balaban J connectivity index is 2.32. The molecule has 0 saturated carbocycles. The van der Waals surface area contributed by atoms with Gasteiger partial charge in [-0.1, -0.05) is 29.8 Å². The minimum absolute atomic E-state index is 0.0493. The average molecular weight is 280 g/mol. The molecule has 2 N–H and O–H groups in total. The quantitative estimate of drug-likeness (QED) is 0.915. The van der Waals surface area contributed by atoms with Crippen LogP contribution in [0.5, 0.6) is 11.5 Å². The molecule has 0 amide bonds. The molecule has 0 heterocycles. The van der Waals surface area contributed by atoms with Crippen LogP contribution < -0.4 is 10.5 Å². The molecule has 0 aliphatic carbocycles. The van der Waals surface area contributed by atoms with Gasteiger partial charge >= 0.3 is 0 Å². The molecule has 0 radical (unpaired) electrons. The van der Waals surface area contributed by atoms with Crippen molar-refractivity contribution in [2.24, 2.45) is 5.73 Å². The molecule has 0 saturated heterocycles. The van der Waals surface area contributed by atoms with E-state index in [9.17, 15) is 4.39 Å². The van der Waals surface area contributed by atoms with Gasteiger partial charge in [-0.15, -0.1) is 0 Å². The standard InChI is InChI=1S/C15H15ClFNO/c1-10-5-6-11(7-8-18)9-14(10)19-13-4-2-3-12(16)15(13)17/h2-6,9H,7-8,18H2,1H3. The first kappa shape index (κ1) is 13.8. The van der Waals surface area contributed by atoms with Crippen LogP contribution in [-0.2, 0) is 6.42 Å². The summed E-state index contributed by atoms with van der Waals surface area (Å²) in [5.74, 6) is 0.195. The van der Waals surface area contributed by atoms with Crippen molar-refractivity contribution in [1.82, 2.24) is 0 Å². The molecular weight excluding hydrogens is 265 g/mol. The van der Waals surface area contributed by atoms with Crippen LogP contribution in [0.2, 0.25) is 5.02 Å². The summed E-state index contributed by atoms with van der Waals surface area (Å²) in [4.78, 5) is 0. The lowest BCUT2D eigenvalue weighted by molar-refractivity contribution is 0.439. The van der Waals surface area contributed by atoms with Crippen LogP contribution in [0.1, 0.15) is 11.1 Å². The first-order valence-electron chi connectivity index (χ1n) is 6.03. The minimum atomic E-state index is -0.548. The zero-order valence-electron chi connectivity index (χ0n) is 10.6. The van der Waals surface area contributed by atoms with Gasteiger partial charge in [-0.05, 0) is 49.2 Å². The van der Waals surface area contributed by atoms with Crippen LogP contribution in [0.25, 0.3) is 0 Å². The Bertz CT molecular complexity index is 586. The molecule has 0 aliphatic heterocycles. The Hall–Kier alpha value is -1.58. The number of hydrogen-bond acceptors (Lipinski definition) is 2. The third kappa shape index (κ3) is 3.25. The van der Waals surface area contributed by atoms with E-state index in [0.29, 0.717) is 12.3 Å². The molecule has 0 spiro atoms. The molecule has 2 nitrogen and oxygen atoms in total. The highest BCUT2D eigenvalue weighted by molar-refractivity contribution is 6.30. The van der Waals surface area contributed by atoms with E-state index >= 15 is 0 Å². The first-order valence-corrected chi connectivity index (χ1v) is 6.41. The fourth-order valence-electron chi connectivity index (χ4n) is 1.76. The Morgan fingerprint density at radius 1 is 1.21 bits per heavy atom. The summed E-state index contributed by atoms with van der Waals surface area (Å²) in [5.41, 5.74) is 7.52. The molecule has 0 aromatic heterocycles. The van der Waals surface area contributed by atoms with Gasteiger partial charge in [-0.2, -0.15) is 0 Å². The second-order valence-electron chi connectivity index (χ2n) is 4.29. The summed E-state index contributed by atoms with van der Waals surface area (Å²) in [5, 5.41) is 0.0493. The molecule has 4 heteroatoms. The van der Waals surface area contributed by atoms with Crippen LogP contribution in [0.15, 0.2) is 36.4 Å². The Labute approximate surface area is 117 Å². The maximum absolute atomic E-state index is 13.8. The number of rotatable bonds is 4. The topological polar surface area (TPSA) is 35.2 Å². The van der Waals surface area contributed by atoms with E-state index in [2.05, 4.69) is 0 Å². The summed E-state index contributed by atoms with van der Waals surface area (Å²) in [6, 6.07) is 10.5. The fraction of sp³-hybridized carbons (Fsp3) is 0.200. The van der Waals surface area contributed by atoms with Crippen LogP contribution in [0.4, 0.5) is 4.39 Å². The number of hydrogen-bond donors (Lipinski definition) is 1. The summed E-state index contributed by atoms with van der Waals surface area (Å²) < 4.78 is 19.4. The van der Waals surface area contributed by atoms with Gasteiger partial charge < -0.3 is 10.5 Å². The van der Waals surface area contributed by atoms with Crippen molar-refractivity contribution in [3.8, 4) is 11.5 Å². The van der Waals surface area contributed by atoms with Gasteiger partial charge in [0.1, 0.15) is 5.75 Å². The van der Waals surface area contributed by atoms with Crippen LogP contribution in [-0.4, -0.2) is 6.54 Å². The Morgan fingerprint density at radius 2 is 2.00 bits per heavy atom. The van der Waals surface area contributed by atoms with Gasteiger partial charge in [0.2, 0.25) is 0 Å². The number of nitrogens with two attached hydrogens (primary N) is 1. The summed E-state index contributed by atoms with van der Waals surface area (Å²) in [6.45, 7) is 2.47. The van der Waals surface area contributed by atoms with Crippen molar-refractivity contribution >= 4 is 11.6 Å². The number of benzene rings is 2. The van der Waals surface area contributed by atoms with Gasteiger partial charge in [0, 0.05) is 0 Å². The van der Waals surface area contributed by atoms with Crippen LogP contribution >= 0.6 is 11.6 Å². The van der Waals surface area contributed by atoms with Crippen molar-refractivity contribution in [3.05, 3.63) is 58.4 Å². The maximum atomic E-state index is 13.8. The van der Waals surface area contributed by atoms with Gasteiger partial charge in [0.15, 0.2) is 11.6 Å². The van der Waals surface area contributed by atoms with E-state index in [-0.39, 0.29) is 10.8 Å². The largest absolute Gasteiger partial charge is 0.454 e. The second-order valence-corrected chi connectivity index (χ2v) is 4.70. The highest BCUT2D eigenvalue weighted by atomic mass is 35.5. The van der Waals surface area contributed by atoms with E-state index in [1.807, 2.05) is 25.1 Å². The molecule has 0 atom stereocenters. The first-order chi connectivity index (χ1) is 9.11.